The van der Waals surface area contributed by atoms with Crippen molar-refractivity contribution in [3.63, 3.8) is 0 Å². The largest absolute Gasteiger partial charge is 0.483 e. The third kappa shape index (κ3) is 3.20. The maximum absolute atomic E-state index is 13.2. The van der Waals surface area contributed by atoms with Gasteiger partial charge in [0.2, 0.25) is 0 Å². The second-order valence-corrected chi connectivity index (χ2v) is 4.99. The molecule has 4 heteroatoms. The van der Waals surface area contributed by atoms with Gasteiger partial charge in [0, 0.05) is 6.54 Å². The van der Waals surface area contributed by atoms with Crippen LogP contribution in [0.1, 0.15) is 11.7 Å². The Kier molecular flexibility index (Phi) is 4.54. The fraction of sp³-hybridized carbons (Fsp3) is 0.143. The predicted octanol–water partition coefficient (Wildman–Crippen LogP) is 3.51. The van der Waals surface area contributed by atoms with Crippen molar-refractivity contribution in [2.45, 2.75) is 6.10 Å². The lowest BCUT2D eigenvalue weighted by Gasteiger charge is -2.18. The van der Waals surface area contributed by atoms with Gasteiger partial charge in [-0.05, 0) is 52.4 Å². The van der Waals surface area contributed by atoms with E-state index in [1.54, 1.807) is 6.07 Å². The van der Waals surface area contributed by atoms with E-state index in [0.717, 1.165) is 14.9 Å². The van der Waals surface area contributed by atoms with Crippen LogP contribution in [0.3, 0.4) is 0 Å². The molecule has 1 unspecified atom stereocenters. The predicted molar refractivity (Wildman–Crippen MR) is 78.0 cm³/mol. The molecule has 2 rings (SSSR count). The van der Waals surface area contributed by atoms with Gasteiger partial charge in [-0.25, -0.2) is 4.39 Å². The number of hydrogen-bond donors (Lipinski definition) is 1. The molecular weight excluding hydrogens is 344 g/mol. The molecule has 1 atom stereocenters. The third-order valence-electron chi connectivity index (χ3n) is 2.54. The molecule has 0 saturated heterocycles. The van der Waals surface area contributed by atoms with Gasteiger partial charge in [0.1, 0.15) is 17.7 Å². The van der Waals surface area contributed by atoms with Gasteiger partial charge in [-0.2, -0.15) is 0 Å². The second kappa shape index (κ2) is 6.15. The van der Waals surface area contributed by atoms with Crippen molar-refractivity contribution in [3.8, 4) is 5.75 Å². The van der Waals surface area contributed by atoms with Crippen LogP contribution in [0.5, 0.6) is 5.75 Å². The highest BCUT2D eigenvalue weighted by molar-refractivity contribution is 14.1. The average molecular weight is 357 g/mol. The van der Waals surface area contributed by atoms with Gasteiger partial charge in [0.15, 0.2) is 0 Å². The SMILES string of the molecule is NCC(Oc1ccccc1I)c1cccc(F)c1. The smallest absolute Gasteiger partial charge is 0.136 e. The van der Waals surface area contributed by atoms with Gasteiger partial charge >= 0.3 is 0 Å². The van der Waals surface area contributed by atoms with Crippen molar-refractivity contribution in [2.24, 2.45) is 5.73 Å². The maximum Gasteiger partial charge on any atom is 0.136 e. The second-order valence-electron chi connectivity index (χ2n) is 3.83. The summed E-state index contributed by atoms with van der Waals surface area (Å²) in [6, 6.07) is 14.0. The van der Waals surface area contributed by atoms with Gasteiger partial charge in [0.25, 0.3) is 0 Å². The zero-order valence-corrected chi connectivity index (χ0v) is 11.8. The van der Waals surface area contributed by atoms with Gasteiger partial charge < -0.3 is 10.5 Å². The first-order valence-electron chi connectivity index (χ1n) is 5.57. The van der Waals surface area contributed by atoms with E-state index < -0.39 is 0 Å². The lowest BCUT2D eigenvalue weighted by molar-refractivity contribution is 0.212. The molecule has 0 radical (unpaired) electrons. The van der Waals surface area contributed by atoms with Crippen LogP contribution in [0.15, 0.2) is 48.5 Å². The summed E-state index contributed by atoms with van der Waals surface area (Å²) in [5, 5.41) is 0. The summed E-state index contributed by atoms with van der Waals surface area (Å²) >= 11 is 2.20. The van der Waals surface area contributed by atoms with E-state index in [-0.39, 0.29) is 11.9 Å². The van der Waals surface area contributed by atoms with E-state index >= 15 is 0 Å². The molecule has 0 amide bonds. The van der Waals surface area contributed by atoms with Crippen LogP contribution >= 0.6 is 22.6 Å². The zero-order chi connectivity index (χ0) is 13.0. The number of benzene rings is 2. The standard InChI is InChI=1S/C14H13FINO/c15-11-5-3-4-10(8-11)14(9-17)18-13-7-2-1-6-12(13)16/h1-8,14H,9,17H2. The highest BCUT2D eigenvalue weighted by atomic mass is 127. The van der Waals surface area contributed by atoms with Crippen molar-refractivity contribution in [1.82, 2.24) is 0 Å². The molecule has 0 spiro atoms. The van der Waals surface area contributed by atoms with E-state index in [0.29, 0.717) is 6.54 Å². The normalized spacial score (nSPS) is 12.2. The zero-order valence-electron chi connectivity index (χ0n) is 9.64. The Morgan fingerprint density at radius 2 is 1.94 bits per heavy atom. The molecule has 0 aliphatic heterocycles. The minimum atomic E-state index is -0.336. The molecule has 2 aromatic carbocycles. The number of para-hydroxylation sites is 1. The summed E-state index contributed by atoms with van der Waals surface area (Å²) < 4.78 is 20.0. The number of nitrogens with two attached hydrogens (primary N) is 1. The third-order valence-corrected chi connectivity index (χ3v) is 3.43. The van der Waals surface area contributed by atoms with Gasteiger partial charge in [-0.15, -0.1) is 0 Å². The van der Waals surface area contributed by atoms with Crippen LogP contribution in [0.2, 0.25) is 0 Å². The molecule has 18 heavy (non-hydrogen) atoms. The summed E-state index contributed by atoms with van der Waals surface area (Å²) in [6.07, 6.45) is -0.336. The Hall–Kier alpha value is -1.14. The molecular formula is C14H13FINO. The molecule has 2 N–H and O–H groups in total. The molecule has 0 aromatic heterocycles. The molecule has 0 saturated carbocycles. The van der Waals surface area contributed by atoms with Gasteiger partial charge in [-0.1, -0.05) is 24.3 Å². The van der Waals surface area contributed by atoms with Crippen LogP contribution in [0.4, 0.5) is 4.39 Å². The summed E-state index contributed by atoms with van der Waals surface area (Å²) in [6.45, 7) is 0.300. The summed E-state index contributed by atoms with van der Waals surface area (Å²) in [5.41, 5.74) is 6.45. The Bertz CT molecular complexity index is 533. The van der Waals surface area contributed by atoms with Gasteiger partial charge in [-0.3, -0.25) is 0 Å². The highest BCUT2D eigenvalue weighted by Crippen LogP contribution is 2.26. The topological polar surface area (TPSA) is 35.2 Å². The fourth-order valence-electron chi connectivity index (χ4n) is 1.65. The number of ether oxygens (including phenoxy) is 1. The van der Waals surface area contributed by atoms with Crippen LogP contribution in [-0.2, 0) is 0 Å². The first-order chi connectivity index (χ1) is 8.70. The van der Waals surface area contributed by atoms with E-state index in [4.69, 9.17) is 10.5 Å². The first-order valence-corrected chi connectivity index (χ1v) is 6.65. The maximum atomic E-state index is 13.2. The van der Waals surface area contributed by atoms with E-state index in [9.17, 15) is 4.39 Å². The van der Waals surface area contributed by atoms with Crippen LogP contribution < -0.4 is 10.5 Å². The molecule has 0 aliphatic rings. The fourth-order valence-corrected chi connectivity index (χ4v) is 2.17. The minimum absolute atomic E-state index is 0.280. The summed E-state index contributed by atoms with van der Waals surface area (Å²) in [7, 11) is 0. The number of hydrogen-bond acceptors (Lipinski definition) is 2. The molecule has 94 valence electrons. The van der Waals surface area contributed by atoms with Crippen molar-refractivity contribution in [1.29, 1.82) is 0 Å². The van der Waals surface area contributed by atoms with Crippen molar-refractivity contribution < 1.29 is 9.13 Å². The van der Waals surface area contributed by atoms with Crippen molar-refractivity contribution in [2.75, 3.05) is 6.54 Å². The highest BCUT2D eigenvalue weighted by Gasteiger charge is 2.13. The van der Waals surface area contributed by atoms with Crippen molar-refractivity contribution in [3.05, 3.63) is 63.5 Å². The van der Waals surface area contributed by atoms with E-state index in [1.165, 1.54) is 12.1 Å². The molecule has 0 aliphatic carbocycles. The lowest BCUT2D eigenvalue weighted by Crippen LogP contribution is -2.19. The molecule has 0 fully saturated rings. The lowest BCUT2D eigenvalue weighted by atomic mass is 10.1. The Morgan fingerprint density at radius 3 is 2.61 bits per heavy atom. The number of rotatable bonds is 4. The monoisotopic (exact) mass is 357 g/mol. The van der Waals surface area contributed by atoms with Crippen LogP contribution in [0.25, 0.3) is 0 Å². The molecule has 2 aromatic rings. The van der Waals surface area contributed by atoms with Crippen LogP contribution in [-0.4, -0.2) is 6.54 Å². The van der Waals surface area contributed by atoms with Gasteiger partial charge in [0.05, 0.1) is 3.57 Å². The first kappa shape index (κ1) is 13.3. The molecule has 0 heterocycles. The Labute approximate surface area is 119 Å². The molecule has 0 bridgehead atoms. The minimum Gasteiger partial charge on any atom is -0.483 e. The van der Waals surface area contributed by atoms with E-state index in [2.05, 4.69) is 22.6 Å². The van der Waals surface area contributed by atoms with E-state index in [1.807, 2.05) is 30.3 Å². The van der Waals surface area contributed by atoms with Crippen LogP contribution in [0, 0.1) is 9.39 Å². The average Bonchev–Trinajstić information content (AvgIpc) is 2.38. The van der Waals surface area contributed by atoms with Crippen molar-refractivity contribution >= 4 is 22.6 Å². The quantitative estimate of drug-likeness (QED) is 0.850. The molecule has 2 nitrogen and oxygen atoms in total. The summed E-state index contributed by atoms with van der Waals surface area (Å²) in [5.74, 6) is 0.482. The summed E-state index contributed by atoms with van der Waals surface area (Å²) in [4.78, 5) is 0. The number of halogens is 2. The Morgan fingerprint density at radius 1 is 1.17 bits per heavy atom. The Balaban J connectivity index is 2.23.